The van der Waals surface area contributed by atoms with Crippen molar-refractivity contribution in [2.24, 2.45) is 0 Å². The molecule has 1 unspecified atom stereocenters. The second-order valence-corrected chi connectivity index (χ2v) is 5.01. The fraction of sp³-hybridized carbons (Fsp3) is 0.533. The summed E-state index contributed by atoms with van der Waals surface area (Å²) in [5.74, 6) is 1.78. The molecule has 20 heavy (non-hydrogen) atoms. The zero-order chi connectivity index (χ0) is 14.7. The van der Waals surface area contributed by atoms with E-state index in [2.05, 4.69) is 31.2 Å². The Morgan fingerprint density at radius 2 is 2.20 bits per heavy atom. The lowest BCUT2D eigenvalue weighted by Crippen LogP contribution is -2.23. The van der Waals surface area contributed by atoms with Crippen LogP contribution in [0, 0.1) is 0 Å². The Morgan fingerprint density at radius 1 is 1.45 bits per heavy atom. The third kappa shape index (κ3) is 2.45. The highest BCUT2D eigenvalue weighted by Gasteiger charge is 2.26. The summed E-state index contributed by atoms with van der Waals surface area (Å²) in [7, 11) is 3.61. The maximum Gasteiger partial charge on any atom is 0.161 e. The van der Waals surface area contributed by atoms with E-state index in [1.54, 1.807) is 19.6 Å². The lowest BCUT2D eigenvalue weighted by molar-refractivity contribution is 0.395. The summed E-state index contributed by atoms with van der Waals surface area (Å²) >= 11 is 0. The molecule has 0 aliphatic rings. The molecule has 5 nitrogen and oxygen atoms in total. The van der Waals surface area contributed by atoms with Gasteiger partial charge in [-0.15, -0.1) is 0 Å². The van der Waals surface area contributed by atoms with Crippen molar-refractivity contribution in [2.45, 2.75) is 39.3 Å². The summed E-state index contributed by atoms with van der Waals surface area (Å²) in [5.41, 5.74) is 2.16. The highest BCUT2D eigenvalue weighted by atomic mass is 16.5. The van der Waals surface area contributed by atoms with Crippen LogP contribution >= 0.6 is 0 Å². The van der Waals surface area contributed by atoms with Crippen LogP contribution < -0.4 is 10.1 Å². The Kier molecular flexibility index (Phi) is 4.49. The largest absolute Gasteiger partial charge is 0.493 e. The second-order valence-electron chi connectivity index (χ2n) is 5.01. The van der Waals surface area contributed by atoms with E-state index in [0.717, 1.165) is 29.2 Å². The van der Waals surface area contributed by atoms with Gasteiger partial charge in [0.1, 0.15) is 11.5 Å². The van der Waals surface area contributed by atoms with Crippen molar-refractivity contribution in [1.82, 2.24) is 15.1 Å². The van der Waals surface area contributed by atoms with Gasteiger partial charge in [0.05, 0.1) is 25.6 Å². The molecule has 110 valence electrons. The molecule has 2 rings (SSSR count). The number of nitrogens with one attached hydrogen (secondary N) is 1. The van der Waals surface area contributed by atoms with E-state index < -0.39 is 0 Å². The fourth-order valence-electron chi connectivity index (χ4n) is 2.53. The highest BCUT2D eigenvalue weighted by Crippen LogP contribution is 2.33. The Morgan fingerprint density at radius 3 is 2.75 bits per heavy atom. The standard InChI is InChI=1S/C15H23N3O2/c1-6-12-11(7-8-20-12)14(16-4)15-13(19-5)9-17-18(15)10(2)3/h7-10,14,16H,6H2,1-5H3. The first-order valence-electron chi connectivity index (χ1n) is 6.98. The Hall–Kier alpha value is -1.75. The maximum absolute atomic E-state index is 5.56. The van der Waals surface area contributed by atoms with Gasteiger partial charge in [0.15, 0.2) is 5.75 Å². The topological polar surface area (TPSA) is 52.2 Å². The van der Waals surface area contributed by atoms with Gasteiger partial charge in [0.25, 0.3) is 0 Å². The normalized spacial score (nSPS) is 12.9. The smallest absolute Gasteiger partial charge is 0.161 e. The molecule has 0 aliphatic carbocycles. The average molecular weight is 277 g/mol. The molecular formula is C15H23N3O2. The van der Waals surface area contributed by atoms with Gasteiger partial charge in [-0.25, -0.2) is 0 Å². The van der Waals surface area contributed by atoms with Gasteiger partial charge in [0, 0.05) is 18.0 Å². The van der Waals surface area contributed by atoms with Crippen molar-refractivity contribution in [3.05, 3.63) is 35.5 Å². The van der Waals surface area contributed by atoms with Gasteiger partial charge in [-0.3, -0.25) is 4.68 Å². The van der Waals surface area contributed by atoms with Crippen LogP contribution in [0.1, 0.15) is 49.9 Å². The van der Waals surface area contributed by atoms with Crippen molar-refractivity contribution in [3.8, 4) is 5.75 Å². The number of aryl methyl sites for hydroxylation is 1. The van der Waals surface area contributed by atoms with Gasteiger partial charge in [0.2, 0.25) is 0 Å². The molecule has 2 aromatic heterocycles. The van der Waals surface area contributed by atoms with Crippen LogP contribution in [0.2, 0.25) is 0 Å². The van der Waals surface area contributed by atoms with Crippen molar-refractivity contribution in [1.29, 1.82) is 0 Å². The average Bonchev–Trinajstić information content (AvgIpc) is 3.06. The number of furan rings is 1. The minimum Gasteiger partial charge on any atom is -0.493 e. The van der Waals surface area contributed by atoms with E-state index in [1.807, 2.05) is 17.8 Å². The van der Waals surface area contributed by atoms with Gasteiger partial charge in [-0.05, 0) is 27.0 Å². The number of hydrogen-bond acceptors (Lipinski definition) is 4. The summed E-state index contributed by atoms with van der Waals surface area (Å²) in [5, 5.41) is 7.79. The van der Waals surface area contributed by atoms with Crippen LogP contribution in [0.4, 0.5) is 0 Å². The lowest BCUT2D eigenvalue weighted by atomic mass is 10.0. The quantitative estimate of drug-likeness (QED) is 0.882. The third-order valence-electron chi connectivity index (χ3n) is 3.48. The molecule has 1 N–H and O–H groups in total. The van der Waals surface area contributed by atoms with E-state index in [9.17, 15) is 0 Å². The molecule has 1 atom stereocenters. The van der Waals surface area contributed by atoms with Crippen LogP contribution in [-0.4, -0.2) is 23.9 Å². The molecule has 5 heteroatoms. The van der Waals surface area contributed by atoms with Crippen LogP contribution in [0.5, 0.6) is 5.75 Å². The van der Waals surface area contributed by atoms with Crippen molar-refractivity contribution in [3.63, 3.8) is 0 Å². The number of methoxy groups -OCH3 is 1. The molecule has 2 heterocycles. The van der Waals surface area contributed by atoms with Crippen LogP contribution in [0.25, 0.3) is 0 Å². The van der Waals surface area contributed by atoms with Gasteiger partial charge in [-0.1, -0.05) is 6.92 Å². The van der Waals surface area contributed by atoms with Gasteiger partial charge in [-0.2, -0.15) is 5.10 Å². The summed E-state index contributed by atoms with van der Waals surface area (Å²) in [6.07, 6.45) is 4.37. The minimum atomic E-state index is 0.00329. The number of hydrogen-bond donors (Lipinski definition) is 1. The molecule has 0 aliphatic heterocycles. The predicted molar refractivity (Wildman–Crippen MR) is 78.2 cm³/mol. The first-order valence-corrected chi connectivity index (χ1v) is 6.98. The number of rotatable bonds is 6. The summed E-state index contributed by atoms with van der Waals surface area (Å²) in [6, 6.07) is 2.28. The summed E-state index contributed by atoms with van der Waals surface area (Å²) in [6.45, 7) is 6.31. The molecule has 0 bridgehead atoms. The first kappa shape index (κ1) is 14.7. The van der Waals surface area contributed by atoms with Crippen molar-refractivity contribution in [2.75, 3.05) is 14.2 Å². The third-order valence-corrected chi connectivity index (χ3v) is 3.48. The molecule has 0 saturated carbocycles. The lowest BCUT2D eigenvalue weighted by Gasteiger charge is -2.21. The molecular weight excluding hydrogens is 254 g/mol. The van der Waals surface area contributed by atoms with Gasteiger partial charge < -0.3 is 14.5 Å². The number of aromatic nitrogens is 2. The highest BCUT2D eigenvalue weighted by molar-refractivity contribution is 5.37. The van der Waals surface area contributed by atoms with E-state index in [1.165, 1.54) is 0 Å². The van der Waals surface area contributed by atoms with Gasteiger partial charge >= 0.3 is 0 Å². The number of nitrogens with zero attached hydrogens (tertiary/aromatic N) is 2. The molecule has 0 aromatic carbocycles. The summed E-state index contributed by atoms with van der Waals surface area (Å²) in [4.78, 5) is 0. The Balaban J connectivity index is 2.54. The molecule has 0 saturated heterocycles. The zero-order valence-corrected chi connectivity index (χ0v) is 12.8. The van der Waals surface area contributed by atoms with Crippen LogP contribution in [0.15, 0.2) is 22.9 Å². The summed E-state index contributed by atoms with van der Waals surface area (Å²) < 4.78 is 13.0. The Bertz CT molecular complexity index is 557. The monoisotopic (exact) mass is 277 g/mol. The van der Waals surface area contributed by atoms with Crippen LogP contribution in [-0.2, 0) is 6.42 Å². The molecule has 2 aromatic rings. The zero-order valence-electron chi connectivity index (χ0n) is 12.8. The van der Waals surface area contributed by atoms with Crippen molar-refractivity contribution < 1.29 is 9.15 Å². The van der Waals surface area contributed by atoms with Crippen molar-refractivity contribution >= 4 is 0 Å². The minimum absolute atomic E-state index is 0.00329. The van der Waals surface area contributed by atoms with E-state index in [4.69, 9.17) is 9.15 Å². The molecule has 0 spiro atoms. The molecule has 0 amide bonds. The SMILES string of the molecule is CCc1occc1C(NC)c1c(OC)cnn1C(C)C. The first-order chi connectivity index (χ1) is 9.63. The fourth-order valence-corrected chi connectivity index (χ4v) is 2.53. The van der Waals surface area contributed by atoms with E-state index in [0.29, 0.717) is 0 Å². The predicted octanol–water partition coefficient (Wildman–Crippen LogP) is 2.94. The van der Waals surface area contributed by atoms with Crippen LogP contribution in [0.3, 0.4) is 0 Å². The second kappa shape index (κ2) is 6.13. The molecule has 0 fully saturated rings. The van der Waals surface area contributed by atoms with E-state index >= 15 is 0 Å². The van der Waals surface area contributed by atoms with E-state index in [-0.39, 0.29) is 12.1 Å². The maximum atomic E-state index is 5.56. The number of ether oxygens (including phenoxy) is 1. The Labute approximate surface area is 119 Å². The molecule has 0 radical (unpaired) electrons.